The standard InChI is InChI=1S/C20H39N7O6S2/c1-11(28)15(21)18(31)26-12(5-4-8-24-20(22)23)16(29)25-13(6-9-34-2)17(30)27-14(19(32)33)7-10-35-3/h11-15,28H,4-10,21H2,1-3H3,(H,25,29)(H,26,31)(H,27,30)(H,32,33)(H4,22,23,24). The number of carbonyl (C=O) groups is 4. The summed E-state index contributed by atoms with van der Waals surface area (Å²) in [6.45, 7) is 1.55. The van der Waals surface area contributed by atoms with Gasteiger partial charge in [0.25, 0.3) is 0 Å². The summed E-state index contributed by atoms with van der Waals surface area (Å²) in [6.07, 6.45) is 3.45. The SMILES string of the molecule is CSCCC(NC(=O)C(CCSC)NC(=O)C(CCCN=C(N)N)NC(=O)C(N)C(C)O)C(=O)O. The van der Waals surface area contributed by atoms with Crippen molar-refractivity contribution in [3.8, 4) is 0 Å². The van der Waals surface area contributed by atoms with Crippen LogP contribution in [0.4, 0.5) is 0 Å². The van der Waals surface area contributed by atoms with Gasteiger partial charge in [-0.15, -0.1) is 0 Å². The van der Waals surface area contributed by atoms with Gasteiger partial charge < -0.3 is 43.4 Å². The van der Waals surface area contributed by atoms with Gasteiger partial charge in [0.2, 0.25) is 17.7 Å². The highest BCUT2D eigenvalue weighted by atomic mass is 32.2. The fraction of sp³-hybridized carbons (Fsp3) is 0.750. The maximum Gasteiger partial charge on any atom is 0.326 e. The average Bonchev–Trinajstić information content (AvgIpc) is 2.79. The van der Waals surface area contributed by atoms with E-state index in [-0.39, 0.29) is 31.8 Å². The van der Waals surface area contributed by atoms with Crippen LogP contribution >= 0.6 is 23.5 Å². The minimum absolute atomic E-state index is 0.116. The zero-order valence-electron chi connectivity index (χ0n) is 20.4. The van der Waals surface area contributed by atoms with Crippen molar-refractivity contribution in [2.75, 3.05) is 30.6 Å². The van der Waals surface area contributed by atoms with E-state index >= 15 is 0 Å². The molecule has 0 aliphatic carbocycles. The third-order valence-corrected chi connectivity index (χ3v) is 6.16. The van der Waals surface area contributed by atoms with Crippen molar-refractivity contribution in [2.45, 2.75) is 62.9 Å². The van der Waals surface area contributed by atoms with E-state index in [2.05, 4.69) is 20.9 Å². The molecular weight excluding hydrogens is 498 g/mol. The van der Waals surface area contributed by atoms with Crippen LogP contribution in [0.15, 0.2) is 4.99 Å². The smallest absolute Gasteiger partial charge is 0.326 e. The number of rotatable bonds is 18. The van der Waals surface area contributed by atoms with E-state index in [1.54, 1.807) is 0 Å². The number of hydrogen-bond donors (Lipinski definition) is 8. The van der Waals surface area contributed by atoms with Crippen LogP contribution in [0.5, 0.6) is 0 Å². The van der Waals surface area contributed by atoms with Crippen LogP contribution in [0, 0.1) is 0 Å². The molecule has 0 heterocycles. The lowest BCUT2D eigenvalue weighted by Gasteiger charge is -2.25. The number of aliphatic carboxylic acids is 1. The molecule has 0 aromatic rings. The highest BCUT2D eigenvalue weighted by Gasteiger charge is 2.30. The first-order valence-corrected chi connectivity index (χ1v) is 13.8. The van der Waals surface area contributed by atoms with Gasteiger partial charge in [-0.3, -0.25) is 19.4 Å². The van der Waals surface area contributed by atoms with Gasteiger partial charge in [0, 0.05) is 6.54 Å². The van der Waals surface area contributed by atoms with E-state index in [4.69, 9.17) is 17.2 Å². The van der Waals surface area contributed by atoms with Gasteiger partial charge in [-0.1, -0.05) is 0 Å². The predicted octanol–water partition coefficient (Wildman–Crippen LogP) is -2.21. The number of carbonyl (C=O) groups excluding carboxylic acids is 3. The number of aliphatic imine (C=N–C) groups is 1. The first-order chi connectivity index (χ1) is 16.4. The molecule has 3 amide bonds. The lowest BCUT2D eigenvalue weighted by atomic mass is 10.1. The highest BCUT2D eigenvalue weighted by molar-refractivity contribution is 7.98. The number of aliphatic hydroxyl groups is 1. The number of amides is 3. The third kappa shape index (κ3) is 14.0. The van der Waals surface area contributed by atoms with Crippen molar-refractivity contribution >= 4 is 53.2 Å². The lowest BCUT2D eigenvalue weighted by molar-refractivity contribution is -0.142. The minimum atomic E-state index is -1.26. The van der Waals surface area contributed by atoms with E-state index in [0.29, 0.717) is 17.9 Å². The van der Waals surface area contributed by atoms with Gasteiger partial charge >= 0.3 is 5.97 Å². The molecule has 35 heavy (non-hydrogen) atoms. The first kappa shape index (κ1) is 32.8. The number of guanidine groups is 1. The molecular formula is C20H39N7O6S2. The zero-order chi connectivity index (χ0) is 27.0. The van der Waals surface area contributed by atoms with Gasteiger partial charge in [-0.05, 0) is 56.6 Å². The molecule has 0 fully saturated rings. The molecule has 0 rings (SSSR count). The summed E-state index contributed by atoms with van der Waals surface area (Å²) in [5.74, 6) is -2.25. The second-order valence-electron chi connectivity index (χ2n) is 7.80. The second kappa shape index (κ2) is 18.1. The molecule has 0 aromatic heterocycles. The Morgan fingerprint density at radius 3 is 1.77 bits per heavy atom. The number of carboxylic acid groups (broad SMARTS) is 1. The Labute approximate surface area is 214 Å². The van der Waals surface area contributed by atoms with Crippen LogP contribution in [0.3, 0.4) is 0 Å². The van der Waals surface area contributed by atoms with Crippen LogP contribution in [0.25, 0.3) is 0 Å². The molecule has 0 saturated carbocycles. The fourth-order valence-corrected chi connectivity index (χ4v) is 3.74. The third-order valence-electron chi connectivity index (χ3n) is 4.87. The highest BCUT2D eigenvalue weighted by Crippen LogP contribution is 2.07. The maximum absolute atomic E-state index is 13.0. The van der Waals surface area contributed by atoms with Crippen molar-refractivity contribution in [1.82, 2.24) is 16.0 Å². The Morgan fingerprint density at radius 1 is 0.857 bits per heavy atom. The van der Waals surface area contributed by atoms with E-state index < -0.39 is 54.0 Å². The van der Waals surface area contributed by atoms with Crippen molar-refractivity contribution in [1.29, 1.82) is 0 Å². The van der Waals surface area contributed by atoms with Crippen LogP contribution in [0.2, 0.25) is 0 Å². The molecule has 11 N–H and O–H groups in total. The Hall–Kier alpha value is -2.23. The molecule has 5 atom stereocenters. The monoisotopic (exact) mass is 537 g/mol. The number of nitrogens with two attached hydrogens (primary N) is 3. The molecule has 0 radical (unpaired) electrons. The molecule has 13 nitrogen and oxygen atoms in total. The molecule has 0 saturated heterocycles. The summed E-state index contributed by atoms with van der Waals surface area (Å²) < 4.78 is 0. The molecule has 15 heteroatoms. The zero-order valence-corrected chi connectivity index (χ0v) is 22.0. The van der Waals surface area contributed by atoms with E-state index in [1.807, 2.05) is 12.5 Å². The average molecular weight is 538 g/mol. The van der Waals surface area contributed by atoms with E-state index in [0.717, 1.165) is 0 Å². The summed E-state index contributed by atoms with van der Waals surface area (Å²) in [5, 5.41) is 26.6. The number of aliphatic hydroxyl groups excluding tert-OH is 1. The normalized spacial score (nSPS) is 15.1. The van der Waals surface area contributed by atoms with Gasteiger partial charge in [0.1, 0.15) is 24.2 Å². The summed E-state index contributed by atoms with van der Waals surface area (Å²) >= 11 is 2.91. The van der Waals surface area contributed by atoms with Crippen molar-refractivity contribution in [2.24, 2.45) is 22.2 Å². The van der Waals surface area contributed by atoms with Crippen LogP contribution in [0.1, 0.15) is 32.6 Å². The molecule has 0 spiro atoms. The van der Waals surface area contributed by atoms with Crippen LogP contribution in [-0.4, -0.2) is 101 Å². The van der Waals surface area contributed by atoms with Crippen LogP contribution < -0.4 is 33.2 Å². The molecule has 202 valence electrons. The fourth-order valence-electron chi connectivity index (χ4n) is 2.80. The van der Waals surface area contributed by atoms with E-state index in [1.165, 1.54) is 30.4 Å². The molecule has 0 aliphatic rings. The Morgan fingerprint density at radius 2 is 1.31 bits per heavy atom. The van der Waals surface area contributed by atoms with Crippen molar-refractivity contribution in [3.63, 3.8) is 0 Å². The summed E-state index contributed by atoms with van der Waals surface area (Å²) in [6, 6.07) is -4.46. The van der Waals surface area contributed by atoms with Crippen molar-refractivity contribution < 1.29 is 29.4 Å². The summed E-state index contributed by atoms with van der Waals surface area (Å²) in [7, 11) is 0. The van der Waals surface area contributed by atoms with Crippen LogP contribution in [-0.2, 0) is 19.2 Å². The number of nitrogens with zero attached hydrogens (tertiary/aromatic N) is 1. The Balaban J connectivity index is 5.52. The molecule has 5 unspecified atom stereocenters. The predicted molar refractivity (Wildman–Crippen MR) is 139 cm³/mol. The quantitative estimate of drug-likeness (QED) is 0.0530. The van der Waals surface area contributed by atoms with Gasteiger partial charge in [-0.25, -0.2) is 4.79 Å². The lowest BCUT2D eigenvalue weighted by Crippen LogP contribution is -2.58. The molecule has 0 bridgehead atoms. The van der Waals surface area contributed by atoms with Gasteiger partial charge in [0.15, 0.2) is 5.96 Å². The van der Waals surface area contributed by atoms with Crippen molar-refractivity contribution in [3.05, 3.63) is 0 Å². The minimum Gasteiger partial charge on any atom is -0.480 e. The molecule has 0 aliphatic heterocycles. The molecule has 0 aromatic carbocycles. The van der Waals surface area contributed by atoms with E-state index in [9.17, 15) is 29.4 Å². The summed E-state index contributed by atoms with van der Waals surface area (Å²) in [4.78, 5) is 53.6. The van der Waals surface area contributed by atoms with Gasteiger partial charge in [-0.2, -0.15) is 23.5 Å². The first-order valence-electron chi connectivity index (χ1n) is 11.0. The second-order valence-corrected chi connectivity index (χ2v) is 9.77. The topological polar surface area (TPSA) is 235 Å². The largest absolute Gasteiger partial charge is 0.480 e. The number of nitrogens with one attached hydrogen (secondary N) is 3. The Kier molecular flexibility index (Phi) is 16.9. The number of thioether (sulfide) groups is 2. The number of hydrogen-bond acceptors (Lipinski definition) is 9. The Bertz CT molecular complexity index is 722. The van der Waals surface area contributed by atoms with Gasteiger partial charge in [0.05, 0.1) is 6.10 Å². The maximum atomic E-state index is 13.0. The summed E-state index contributed by atoms with van der Waals surface area (Å²) in [5.41, 5.74) is 16.3. The number of carboxylic acids is 1.